The van der Waals surface area contributed by atoms with Crippen LogP contribution in [-0.2, 0) is 19.6 Å². The first kappa shape index (κ1) is 19.3. The summed E-state index contributed by atoms with van der Waals surface area (Å²) in [4.78, 5) is 0. The van der Waals surface area contributed by atoms with Crippen molar-refractivity contribution in [2.45, 2.75) is 19.6 Å². The molecule has 0 aliphatic rings. The van der Waals surface area contributed by atoms with Crippen LogP contribution in [0.25, 0.3) is 0 Å². The van der Waals surface area contributed by atoms with E-state index in [2.05, 4.69) is 23.5 Å². The average Bonchev–Trinajstić information content (AvgIpc) is 2.72. The fourth-order valence-electron chi connectivity index (χ4n) is 2.81. The summed E-state index contributed by atoms with van der Waals surface area (Å²) in [5.41, 5.74) is 3.41. The van der Waals surface area contributed by atoms with Crippen molar-refractivity contribution >= 4 is 11.6 Å². The number of para-hydroxylation sites is 1. The molecule has 3 rings (SSSR count). The topological polar surface area (TPSA) is 30.5 Å². The molecule has 140 valence electrons. The van der Waals surface area contributed by atoms with Gasteiger partial charge in [-0.25, -0.2) is 0 Å². The van der Waals surface area contributed by atoms with Gasteiger partial charge in [-0.2, -0.15) is 0 Å². The van der Waals surface area contributed by atoms with Crippen molar-refractivity contribution in [3.63, 3.8) is 0 Å². The molecule has 0 unspecified atom stereocenters. The summed E-state index contributed by atoms with van der Waals surface area (Å²) in [6.07, 6.45) is 0.965. The Morgan fingerprint density at radius 1 is 0.852 bits per heavy atom. The fraction of sp³-hybridized carbons (Fsp3) is 0.217. The largest absolute Gasteiger partial charge is 0.497 e. The Labute approximate surface area is 165 Å². The standard InChI is InChI=1S/C23H24ClNO2/c1-26-21-12-10-18(11-13-21)14-15-25-16-19-6-3-5-9-23(19)27-17-20-7-2-4-8-22(20)24/h2-13,25H,14-17H2,1H3. The molecular weight excluding hydrogens is 358 g/mol. The third-order valence-corrected chi connectivity index (χ3v) is 4.75. The van der Waals surface area contributed by atoms with Gasteiger partial charge in [0.05, 0.1) is 7.11 Å². The van der Waals surface area contributed by atoms with Gasteiger partial charge in [0, 0.05) is 22.7 Å². The van der Waals surface area contributed by atoms with E-state index >= 15 is 0 Å². The van der Waals surface area contributed by atoms with Gasteiger partial charge in [0.25, 0.3) is 0 Å². The van der Waals surface area contributed by atoms with Crippen molar-refractivity contribution in [2.24, 2.45) is 0 Å². The van der Waals surface area contributed by atoms with Crippen LogP contribution in [0.2, 0.25) is 5.02 Å². The number of hydrogen-bond acceptors (Lipinski definition) is 3. The lowest BCUT2D eigenvalue weighted by molar-refractivity contribution is 0.302. The molecule has 0 heterocycles. The monoisotopic (exact) mass is 381 g/mol. The SMILES string of the molecule is COc1ccc(CCNCc2ccccc2OCc2ccccc2Cl)cc1. The molecule has 0 fully saturated rings. The Morgan fingerprint density at radius 2 is 1.56 bits per heavy atom. The van der Waals surface area contributed by atoms with Crippen LogP contribution in [0.3, 0.4) is 0 Å². The Kier molecular flexibility index (Phi) is 7.14. The molecule has 0 aromatic heterocycles. The lowest BCUT2D eigenvalue weighted by atomic mass is 10.1. The zero-order chi connectivity index (χ0) is 18.9. The lowest BCUT2D eigenvalue weighted by Gasteiger charge is -2.13. The third-order valence-electron chi connectivity index (χ3n) is 4.38. The van der Waals surface area contributed by atoms with Crippen molar-refractivity contribution in [1.82, 2.24) is 5.32 Å². The average molecular weight is 382 g/mol. The minimum atomic E-state index is 0.461. The molecule has 0 aliphatic heterocycles. The molecule has 0 bridgehead atoms. The van der Waals surface area contributed by atoms with E-state index in [1.165, 1.54) is 5.56 Å². The fourth-order valence-corrected chi connectivity index (χ4v) is 3.00. The number of methoxy groups -OCH3 is 1. The first-order valence-electron chi connectivity index (χ1n) is 9.04. The van der Waals surface area contributed by atoms with Crippen molar-refractivity contribution in [3.05, 3.63) is 94.5 Å². The summed E-state index contributed by atoms with van der Waals surface area (Å²) in [6.45, 7) is 2.11. The van der Waals surface area contributed by atoms with Gasteiger partial charge in [0.15, 0.2) is 0 Å². The molecule has 27 heavy (non-hydrogen) atoms. The van der Waals surface area contributed by atoms with Gasteiger partial charge < -0.3 is 14.8 Å². The van der Waals surface area contributed by atoms with Crippen LogP contribution < -0.4 is 14.8 Å². The maximum absolute atomic E-state index is 6.21. The lowest BCUT2D eigenvalue weighted by Crippen LogP contribution is -2.17. The molecule has 3 nitrogen and oxygen atoms in total. The highest BCUT2D eigenvalue weighted by atomic mass is 35.5. The van der Waals surface area contributed by atoms with Gasteiger partial charge >= 0.3 is 0 Å². The zero-order valence-electron chi connectivity index (χ0n) is 15.5. The summed E-state index contributed by atoms with van der Waals surface area (Å²) < 4.78 is 11.2. The first-order valence-corrected chi connectivity index (χ1v) is 9.42. The van der Waals surface area contributed by atoms with Crippen molar-refractivity contribution in [3.8, 4) is 11.5 Å². The molecule has 3 aromatic carbocycles. The van der Waals surface area contributed by atoms with Crippen molar-refractivity contribution in [1.29, 1.82) is 0 Å². The van der Waals surface area contributed by atoms with E-state index in [-0.39, 0.29) is 0 Å². The predicted molar refractivity (Wildman–Crippen MR) is 111 cm³/mol. The van der Waals surface area contributed by atoms with E-state index < -0.39 is 0 Å². The normalized spacial score (nSPS) is 10.6. The van der Waals surface area contributed by atoms with Gasteiger partial charge in [0.1, 0.15) is 18.1 Å². The Hall–Kier alpha value is -2.49. The molecule has 1 N–H and O–H groups in total. The molecule has 0 atom stereocenters. The number of nitrogens with one attached hydrogen (secondary N) is 1. The molecule has 4 heteroatoms. The van der Waals surface area contributed by atoms with Crippen LogP contribution in [0.15, 0.2) is 72.8 Å². The number of ether oxygens (including phenoxy) is 2. The summed E-state index contributed by atoms with van der Waals surface area (Å²) in [5, 5.41) is 4.22. The van der Waals surface area contributed by atoms with E-state index in [9.17, 15) is 0 Å². The van der Waals surface area contributed by atoms with Crippen LogP contribution in [0.1, 0.15) is 16.7 Å². The summed E-state index contributed by atoms with van der Waals surface area (Å²) >= 11 is 6.21. The van der Waals surface area contributed by atoms with Gasteiger partial charge in [-0.3, -0.25) is 0 Å². The van der Waals surface area contributed by atoms with E-state index in [0.29, 0.717) is 6.61 Å². The Morgan fingerprint density at radius 3 is 2.30 bits per heavy atom. The van der Waals surface area contributed by atoms with Crippen LogP contribution in [0.5, 0.6) is 11.5 Å². The highest BCUT2D eigenvalue weighted by Crippen LogP contribution is 2.22. The maximum Gasteiger partial charge on any atom is 0.124 e. The van der Waals surface area contributed by atoms with Crippen molar-refractivity contribution in [2.75, 3.05) is 13.7 Å². The summed E-state index contributed by atoms with van der Waals surface area (Å²) in [6, 6.07) is 24.0. The molecule has 0 saturated heterocycles. The van der Waals surface area contributed by atoms with E-state index in [4.69, 9.17) is 21.1 Å². The van der Waals surface area contributed by atoms with E-state index in [1.807, 2.05) is 54.6 Å². The second kappa shape index (κ2) is 10.0. The minimum Gasteiger partial charge on any atom is -0.497 e. The number of hydrogen-bond donors (Lipinski definition) is 1. The molecule has 0 spiro atoms. The quantitative estimate of drug-likeness (QED) is 0.513. The number of benzene rings is 3. The Balaban J connectivity index is 1.50. The highest BCUT2D eigenvalue weighted by Gasteiger charge is 2.05. The second-order valence-corrected chi connectivity index (χ2v) is 6.67. The smallest absolute Gasteiger partial charge is 0.124 e. The van der Waals surface area contributed by atoms with Crippen LogP contribution in [0, 0.1) is 0 Å². The molecule has 3 aromatic rings. The van der Waals surface area contributed by atoms with Gasteiger partial charge in [-0.15, -0.1) is 0 Å². The van der Waals surface area contributed by atoms with Gasteiger partial charge in [0.2, 0.25) is 0 Å². The highest BCUT2D eigenvalue weighted by molar-refractivity contribution is 6.31. The van der Waals surface area contributed by atoms with E-state index in [0.717, 1.165) is 47.2 Å². The Bertz CT molecular complexity index is 849. The van der Waals surface area contributed by atoms with E-state index in [1.54, 1.807) is 7.11 Å². The van der Waals surface area contributed by atoms with Crippen LogP contribution >= 0.6 is 11.6 Å². The zero-order valence-corrected chi connectivity index (χ0v) is 16.2. The first-order chi connectivity index (χ1) is 13.3. The predicted octanol–water partition coefficient (Wildman–Crippen LogP) is 5.26. The summed E-state index contributed by atoms with van der Waals surface area (Å²) in [5.74, 6) is 1.77. The molecular formula is C23H24ClNO2. The molecule has 0 radical (unpaired) electrons. The van der Waals surface area contributed by atoms with Gasteiger partial charge in [-0.1, -0.05) is 60.1 Å². The van der Waals surface area contributed by atoms with Crippen molar-refractivity contribution < 1.29 is 9.47 Å². The van der Waals surface area contributed by atoms with Crippen LogP contribution in [0.4, 0.5) is 0 Å². The van der Waals surface area contributed by atoms with Crippen LogP contribution in [-0.4, -0.2) is 13.7 Å². The van der Waals surface area contributed by atoms with Gasteiger partial charge in [-0.05, 0) is 42.8 Å². The molecule has 0 saturated carbocycles. The second-order valence-electron chi connectivity index (χ2n) is 6.26. The summed E-state index contributed by atoms with van der Waals surface area (Å²) in [7, 11) is 1.68. The maximum atomic E-state index is 6.21. The number of rotatable bonds is 9. The molecule has 0 amide bonds. The third kappa shape index (κ3) is 5.75. The molecule has 0 aliphatic carbocycles. The minimum absolute atomic E-state index is 0.461. The number of halogens is 1.